The molecule has 1 amide bonds. The van der Waals surface area contributed by atoms with Gasteiger partial charge in [0.25, 0.3) is 11.6 Å². The maximum absolute atomic E-state index is 12.9. The van der Waals surface area contributed by atoms with E-state index in [1.54, 1.807) is 0 Å². The van der Waals surface area contributed by atoms with E-state index in [-0.39, 0.29) is 28.7 Å². The van der Waals surface area contributed by atoms with Crippen molar-refractivity contribution >= 4 is 29.3 Å². The molecule has 172 valence electrons. The Morgan fingerprint density at radius 3 is 2.47 bits per heavy atom. The van der Waals surface area contributed by atoms with Gasteiger partial charge >= 0.3 is 0 Å². The molecule has 0 aliphatic carbocycles. The van der Waals surface area contributed by atoms with Gasteiger partial charge in [-0.05, 0) is 40.1 Å². The number of nitrogens with zero attached hydrogens (tertiary/aromatic N) is 8. The number of amides is 1. The van der Waals surface area contributed by atoms with Crippen molar-refractivity contribution in [3.05, 3.63) is 69.9 Å². The van der Waals surface area contributed by atoms with E-state index < -0.39 is 10.8 Å². The first-order valence-electron chi connectivity index (χ1n) is 9.75. The summed E-state index contributed by atoms with van der Waals surface area (Å²) in [5.41, 5.74) is 10.3. The average Bonchev–Trinajstić information content (AvgIpc) is 3.45. The molecule has 0 saturated carbocycles. The predicted molar refractivity (Wildman–Crippen MR) is 122 cm³/mol. The lowest BCUT2D eigenvalue weighted by molar-refractivity contribution is -0.384. The number of nitrogen functional groups attached to an aromatic ring is 1. The van der Waals surface area contributed by atoms with Crippen LogP contribution >= 0.6 is 0 Å². The molecule has 2 aromatic carbocycles. The summed E-state index contributed by atoms with van der Waals surface area (Å²) in [4.78, 5) is 25.3. The smallest absolute Gasteiger partial charge is 0.294 e. The molecule has 14 heteroatoms. The van der Waals surface area contributed by atoms with Crippen LogP contribution in [0, 0.1) is 10.1 Å². The van der Waals surface area contributed by atoms with E-state index in [0.29, 0.717) is 5.56 Å². The van der Waals surface area contributed by atoms with Gasteiger partial charge in [0.2, 0.25) is 11.6 Å². The number of anilines is 2. The molecule has 3 N–H and O–H groups in total. The number of hydrogen-bond acceptors (Lipinski definition) is 11. The molecule has 34 heavy (non-hydrogen) atoms. The summed E-state index contributed by atoms with van der Waals surface area (Å²) in [7, 11) is 3.86. The Morgan fingerprint density at radius 1 is 1.18 bits per heavy atom. The quantitative estimate of drug-likeness (QED) is 0.232. The summed E-state index contributed by atoms with van der Waals surface area (Å²) in [6.45, 7) is 0. The number of rotatable bonds is 7. The average molecular weight is 462 g/mol. The summed E-state index contributed by atoms with van der Waals surface area (Å²) in [6.07, 6.45) is 1.48. The molecule has 0 saturated heterocycles. The van der Waals surface area contributed by atoms with Crippen molar-refractivity contribution in [3.63, 3.8) is 0 Å². The van der Waals surface area contributed by atoms with Gasteiger partial charge in [-0.1, -0.05) is 17.3 Å². The number of carbonyl (C=O) groups excluding carboxylic acids is 1. The standard InChI is InChI=1S/C20H18N10O4/c1-28(2)14-7-3-12(4-8-14)11-22-24-20(31)16-17(13-5-9-15(10-6-13)30(32)33)29(27-23-16)19-18(21)25-34-26-19/h3-11H,1-2H3,(H2,21,25)(H,24,31)/b22-11-. The van der Waals surface area contributed by atoms with E-state index in [0.717, 1.165) is 15.9 Å². The van der Waals surface area contributed by atoms with Gasteiger partial charge in [-0.2, -0.15) is 9.78 Å². The molecular weight excluding hydrogens is 444 g/mol. The molecule has 0 bridgehead atoms. The van der Waals surface area contributed by atoms with Gasteiger partial charge in [-0.25, -0.2) is 10.1 Å². The van der Waals surface area contributed by atoms with Crippen molar-refractivity contribution in [2.24, 2.45) is 5.10 Å². The Morgan fingerprint density at radius 2 is 1.88 bits per heavy atom. The molecule has 2 heterocycles. The number of nitro groups is 1. The zero-order valence-corrected chi connectivity index (χ0v) is 18.0. The largest absolute Gasteiger partial charge is 0.378 e. The van der Waals surface area contributed by atoms with E-state index in [2.05, 4.69) is 35.8 Å². The lowest BCUT2D eigenvalue weighted by atomic mass is 10.1. The second kappa shape index (κ2) is 9.15. The SMILES string of the molecule is CN(C)c1ccc(/C=N\NC(=O)c2nnn(-c3nonc3N)c2-c2ccc([N+](=O)[O-])cc2)cc1. The van der Waals surface area contributed by atoms with Crippen molar-refractivity contribution < 1.29 is 14.3 Å². The van der Waals surface area contributed by atoms with Crippen LogP contribution in [0.15, 0.2) is 58.3 Å². The second-order valence-corrected chi connectivity index (χ2v) is 7.16. The first-order valence-corrected chi connectivity index (χ1v) is 9.75. The lowest BCUT2D eigenvalue weighted by Crippen LogP contribution is -2.19. The number of non-ortho nitro benzene ring substituents is 1. The van der Waals surface area contributed by atoms with Crippen LogP contribution in [0.5, 0.6) is 0 Å². The van der Waals surface area contributed by atoms with E-state index >= 15 is 0 Å². The summed E-state index contributed by atoms with van der Waals surface area (Å²) in [5, 5.41) is 30.0. The molecule has 0 fully saturated rings. The minimum Gasteiger partial charge on any atom is -0.378 e. The van der Waals surface area contributed by atoms with Crippen molar-refractivity contribution in [3.8, 4) is 17.1 Å². The van der Waals surface area contributed by atoms with E-state index in [4.69, 9.17) is 5.73 Å². The highest BCUT2D eigenvalue weighted by Gasteiger charge is 2.25. The maximum atomic E-state index is 12.9. The third-order valence-electron chi connectivity index (χ3n) is 4.72. The normalized spacial score (nSPS) is 11.0. The van der Waals surface area contributed by atoms with Crippen LogP contribution in [0.1, 0.15) is 16.1 Å². The molecule has 4 rings (SSSR count). The molecule has 0 aliphatic heterocycles. The van der Waals surface area contributed by atoms with Gasteiger partial charge in [0, 0.05) is 37.5 Å². The first-order chi connectivity index (χ1) is 16.3. The number of nitrogens with one attached hydrogen (secondary N) is 1. The van der Waals surface area contributed by atoms with Crippen LogP contribution in [0.25, 0.3) is 17.1 Å². The lowest BCUT2D eigenvalue weighted by Gasteiger charge is -2.11. The second-order valence-electron chi connectivity index (χ2n) is 7.16. The Hall–Kier alpha value is -5.14. The molecule has 2 aromatic heterocycles. The minimum absolute atomic E-state index is 0.00406. The van der Waals surface area contributed by atoms with E-state index in [1.807, 2.05) is 43.3 Å². The van der Waals surface area contributed by atoms with Crippen LogP contribution in [0.2, 0.25) is 0 Å². The number of nitro benzene ring substituents is 1. The Kier molecular flexibility index (Phi) is 5.94. The first kappa shape index (κ1) is 22.1. The molecule has 0 radical (unpaired) electrons. The minimum atomic E-state index is -0.671. The van der Waals surface area contributed by atoms with Crippen molar-refractivity contribution in [1.29, 1.82) is 0 Å². The number of benzene rings is 2. The summed E-state index contributed by atoms with van der Waals surface area (Å²) >= 11 is 0. The highest BCUT2D eigenvalue weighted by molar-refractivity contribution is 5.98. The van der Waals surface area contributed by atoms with E-state index in [9.17, 15) is 14.9 Å². The molecule has 14 nitrogen and oxygen atoms in total. The fourth-order valence-electron chi connectivity index (χ4n) is 3.00. The van der Waals surface area contributed by atoms with Gasteiger partial charge in [-0.15, -0.1) is 5.10 Å². The molecular formula is C20H18N10O4. The zero-order chi connectivity index (χ0) is 24.2. The van der Waals surface area contributed by atoms with Crippen LogP contribution in [0.4, 0.5) is 17.2 Å². The van der Waals surface area contributed by atoms with E-state index in [1.165, 1.54) is 30.5 Å². The summed E-state index contributed by atoms with van der Waals surface area (Å²) in [5.74, 6) is -0.751. The van der Waals surface area contributed by atoms with Crippen LogP contribution < -0.4 is 16.1 Å². The fourth-order valence-corrected chi connectivity index (χ4v) is 3.00. The third-order valence-corrected chi connectivity index (χ3v) is 4.72. The van der Waals surface area contributed by atoms with Crippen molar-refractivity contribution in [2.45, 2.75) is 0 Å². The predicted octanol–water partition coefficient (Wildman–Crippen LogP) is 1.64. The molecule has 0 aliphatic rings. The number of hydrazone groups is 1. The van der Waals surface area contributed by atoms with Gasteiger partial charge in [-0.3, -0.25) is 14.9 Å². The molecule has 0 atom stereocenters. The van der Waals surface area contributed by atoms with Crippen LogP contribution in [-0.4, -0.2) is 56.4 Å². The Labute approximate surface area is 191 Å². The number of aromatic nitrogens is 5. The highest BCUT2D eigenvalue weighted by Crippen LogP contribution is 2.28. The van der Waals surface area contributed by atoms with Gasteiger partial charge in [0.05, 0.1) is 11.1 Å². The van der Waals surface area contributed by atoms with Gasteiger partial charge < -0.3 is 10.6 Å². The van der Waals surface area contributed by atoms with Gasteiger partial charge in [0.15, 0.2) is 5.69 Å². The number of nitrogens with two attached hydrogens (primary N) is 1. The topological polar surface area (TPSA) is 183 Å². The van der Waals surface area contributed by atoms with Crippen LogP contribution in [0.3, 0.4) is 0 Å². The molecule has 0 spiro atoms. The zero-order valence-electron chi connectivity index (χ0n) is 18.0. The highest BCUT2D eigenvalue weighted by atomic mass is 16.6. The fraction of sp³-hybridized carbons (Fsp3) is 0.100. The van der Waals surface area contributed by atoms with Crippen LogP contribution in [-0.2, 0) is 0 Å². The van der Waals surface area contributed by atoms with Crippen molar-refractivity contribution in [2.75, 3.05) is 24.7 Å². The Bertz CT molecular complexity index is 1360. The monoisotopic (exact) mass is 462 g/mol. The van der Waals surface area contributed by atoms with Crippen molar-refractivity contribution in [1.82, 2.24) is 30.7 Å². The number of carbonyl (C=O) groups is 1. The summed E-state index contributed by atoms with van der Waals surface area (Å²) < 4.78 is 5.78. The Balaban J connectivity index is 1.64. The maximum Gasteiger partial charge on any atom is 0.294 e. The van der Waals surface area contributed by atoms with Gasteiger partial charge in [0.1, 0.15) is 5.69 Å². The molecule has 4 aromatic rings. The summed E-state index contributed by atoms with van der Waals surface area (Å²) in [6, 6.07) is 13.0. The number of hydrogen-bond donors (Lipinski definition) is 2. The molecule has 0 unspecified atom stereocenters. The third kappa shape index (κ3) is 4.40.